The van der Waals surface area contributed by atoms with Crippen molar-refractivity contribution in [1.82, 2.24) is 15.5 Å². The van der Waals surface area contributed by atoms with E-state index in [1.165, 1.54) is 12.8 Å². The second-order valence-corrected chi connectivity index (χ2v) is 8.33. The molecule has 1 aliphatic carbocycles. The van der Waals surface area contributed by atoms with E-state index >= 15 is 0 Å². The zero-order valence-electron chi connectivity index (χ0n) is 17.0. The Balaban J connectivity index is 1.52. The lowest BCUT2D eigenvalue weighted by atomic mass is 10.0. The Bertz CT molecular complexity index is 1030. The summed E-state index contributed by atoms with van der Waals surface area (Å²) in [6.45, 7) is 4.98. The van der Waals surface area contributed by atoms with E-state index in [0.717, 1.165) is 16.9 Å². The third-order valence-corrected chi connectivity index (χ3v) is 5.25. The van der Waals surface area contributed by atoms with Gasteiger partial charge in [0.2, 0.25) is 5.88 Å². The smallest absolute Gasteiger partial charge is 0.253 e. The van der Waals surface area contributed by atoms with Crippen LogP contribution in [0.25, 0.3) is 11.1 Å². The zero-order chi connectivity index (χ0) is 21.1. The summed E-state index contributed by atoms with van der Waals surface area (Å²) >= 11 is 6.03. The van der Waals surface area contributed by atoms with Gasteiger partial charge >= 0.3 is 0 Å². The number of pyridine rings is 1. The first-order valence-corrected chi connectivity index (χ1v) is 10.5. The maximum atomic E-state index is 12.7. The minimum Gasteiger partial charge on any atom is -0.477 e. The quantitative estimate of drug-likeness (QED) is 0.534. The third kappa shape index (κ3) is 5.00. The van der Waals surface area contributed by atoms with Crippen LogP contribution in [-0.2, 0) is 6.54 Å². The van der Waals surface area contributed by atoms with Gasteiger partial charge in [0.15, 0.2) is 0 Å². The highest BCUT2D eigenvalue weighted by Gasteiger charge is 2.23. The molecule has 0 saturated heterocycles. The zero-order valence-corrected chi connectivity index (χ0v) is 17.8. The molecule has 1 N–H and O–H groups in total. The highest BCUT2D eigenvalue weighted by Crippen LogP contribution is 2.33. The molecule has 0 atom stereocenters. The fraction of sp³-hybridized carbons (Fsp3) is 0.348. The lowest BCUT2D eigenvalue weighted by Gasteiger charge is -2.12. The van der Waals surface area contributed by atoms with Crippen molar-refractivity contribution < 1.29 is 14.1 Å². The van der Waals surface area contributed by atoms with Crippen molar-refractivity contribution in [3.05, 3.63) is 64.6 Å². The summed E-state index contributed by atoms with van der Waals surface area (Å²) in [5.41, 5.74) is 2.79. The van der Waals surface area contributed by atoms with Crippen LogP contribution in [-0.4, -0.2) is 22.7 Å². The second kappa shape index (κ2) is 8.88. The van der Waals surface area contributed by atoms with E-state index in [2.05, 4.69) is 15.5 Å². The van der Waals surface area contributed by atoms with Crippen molar-refractivity contribution >= 4 is 17.5 Å². The highest BCUT2D eigenvalue weighted by atomic mass is 35.5. The van der Waals surface area contributed by atoms with E-state index in [-0.39, 0.29) is 18.4 Å². The number of halogens is 1. The number of nitrogens with zero attached hydrogens (tertiary/aromatic N) is 2. The summed E-state index contributed by atoms with van der Waals surface area (Å²) in [4.78, 5) is 17.1. The van der Waals surface area contributed by atoms with E-state index in [0.29, 0.717) is 34.7 Å². The van der Waals surface area contributed by atoms with Gasteiger partial charge in [-0.1, -0.05) is 42.7 Å². The van der Waals surface area contributed by atoms with Gasteiger partial charge in [0, 0.05) is 28.8 Å². The molecule has 2 aromatic heterocycles. The Morgan fingerprint density at radius 1 is 1.27 bits per heavy atom. The Kier molecular flexibility index (Phi) is 6.04. The summed E-state index contributed by atoms with van der Waals surface area (Å²) in [6.07, 6.45) is 3.92. The number of benzene rings is 1. The fourth-order valence-corrected chi connectivity index (χ4v) is 3.09. The van der Waals surface area contributed by atoms with Gasteiger partial charge in [0.25, 0.3) is 5.91 Å². The summed E-state index contributed by atoms with van der Waals surface area (Å²) < 4.78 is 11.2. The number of carbonyl (C=O) groups excluding carboxylic acids is 1. The van der Waals surface area contributed by atoms with E-state index in [9.17, 15) is 4.79 Å². The monoisotopic (exact) mass is 425 g/mol. The number of hydrogen-bond acceptors (Lipinski definition) is 5. The standard InChI is InChI=1S/C23H24ClN3O3/c1-14(2)21-10-19(27-30-21)12-25-22(28)17-9-20(16-5-7-18(24)8-6-16)23(26-11-17)29-13-15-3-4-15/h5-11,14-15H,3-4,12-13H2,1-2H3,(H,25,28). The number of hydrogen-bond donors (Lipinski definition) is 1. The van der Waals surface area contributed by atoms with Crippen molar-refractivity contribution in [1.29, 1.82) is 0 Å². The van der Waals surface area contributed by atoms with Gasteiger partial charge in [0.05, 0.1) is 18.7 Å². The van der Waals surface area contributed by atoms with Crippen LogP contribution in [0.1, 0.15) is 54.4 Å². The van der Waals surface area contributed by atoms with Gasteiger partial charge in [-0.05, 0) is 42.5 Å². The Morgan fingerprint density at radius 2 is 2.03 bits per heavy atom. The number of carbonyl (C=O) groups is 1. The number of nitrogens with one attached hydrogen (secondary N) is 1. The molecule has 156 valence electrons. The predicted molar refractivity (Wildman–Crippen MR) is 115 cm³/mol. The number of amides is 1. The minimum atomic E-state index is -0.236. The van der Waals surface area contributed by atoms with Crippen molar-refractivity contribution in [2.75, 3.05) is 6.61 Å². The SMILES string of the molecule is CC(C)c1cc(CNC(=O)c2cnc(OCC3CC3)c(-c3ccc(Cl)cc3)c2)no1. The van der Waals surface area contributed by atoms with Gasteiger partial charge < -0.3 is 14.6 Å². The topological polar surface area (TPSA) is 77.2 Å². The molecule has 7 heteroatoms. The molecule has 0 unspecified atom stereocenters. The summed E-state index contributed by atoms with van der Waals surface area (Å²) in [5.74, 6) is 1.94. The molecule has 1 aromatic carbocycles. The molecule has 1 amide bonds. The molecule has 0 spiro atoms. The van der Waals surface area contributed by atoms with E-state index in [1.54, 1.807) is 12.3 Å². The lowest BCUT2D eigenvalue weighted by molar-refractivity contribution is 0.0949. The summed E-state index contributed by atoms with van der Waals surface area (Å²) in [5, 5.41) is 7.52. The van der Waals surface area contributed by atoms with Crippen LogP contribution >= 0.6 is 11.6 Å². The van der Waals surface area contributed by atoms with Gasteiger partial charge in [-0.15, -0.1) is 0 Å². The first-order valence-electron chi connectivity index (χ1n) is 10.1. The van der Waals surface area contributed by atoms with Gasteiger partial charge in [-0.2, -0.15) is 0 Å². The largest absolute Gasteiger partial charge is 0.477 e. The van der Waals surface area contributed by atoms with Crippen LogP contribution in [0.3, 0.4) is 0 Å². The van der Waals surface area contributed by atoms with Gasteiger partial charge in [-0.25, -0.2) is 4.98 Å². The normalized spacial score (nSPS) is 13.5. The first kappa shape index (κ1) is 20.4. The molecule has 30 heavy (non-hydrogen) atoms. The van der Waals surface area contributed by atoms with Crippen molar-refractivity contribution in [2.45, 2.75) is 39.2 Å². The Labute approximate surface area is 180 Å². The average Bonchev–Trinajstić information content (AvgIpc) is 3.45. The van der Waals surface area contributed by atoms with Crippen LogP contribution in [0.5, 0.6) is 5.88 Å². The molecule has 1 fully saturated rings. The van der Waals surface area contributed by atoms with Crippen LogP contribution in [0.15, 0.2) is 47.1 Å². The Hall–Kier alpha value is -2.86. The minimum absolute atomic E-state index is 0.236. The molecule has 0 bridgehead atoms. The molecule has 3 aromatic rings. The average molecular weight is 426 g/mol. The van der Waals surface area contributed by atoms with E-state index < -0.39 is 0 Å². The molecule has 0 radical (unpaired) electrons. The van der Waals surface area contributed by atoms with Crippen LogP contribution in [0.4, 0.5) is 0 Å². The maximum absolute atomic E-state index is 12.7. The van der Waals surface area contributed by atoms with Gasteiger partial charge in [-0.3, -0.25) is 4.79 Å². The fourth-order valence-electron chi connectivity index (χ4n) is 2.97. The Morgan fingerprint density at radius 3 is 2.70 bits per heavy atom. The first-order chi connectivity index (χ1) is 14.5. The highest BCUT2D eigenvalue weighted by molar-refractivity contribution is 6.30. The van der Waals surface area contributed by atoms with E-state index in [1.807, 2.05) is 44.2 Å². The second-order valence-electron chi connectivity index (χ2n) is 7.90. The molecule has 6 nitrogen and oxygen atoms in total. The van der Waals surface area contributed by atoms with E-state index in [4.69, 9.17) is 20.9 Å². The van der Waals surface area contributed by atoms with Gasteiger partial charge in [0.1, 0.15) is 11.5 Å². The molecule has 4 rings (SSSR count). The molecular weight excluding hydrogens is 402 g/mol. The third-order valence-electron chi connectivity index (χ3n) is 5.00. The predicted octanol–water partition coefficient (Wildman–Crippen LogP) is 5.23. The molecule has 2 heterocycles. The van der Waals surface area contributed by atoms with Crippen molar-refractivity contribution in [2.24, 2.45) is 5.92 Å². The maximum Gasteiger partial charge on any atom is 0.253 e. The van der Waals surface area contributed by atoms with Crippen LogP contribution in [0, 0.1) is 5.92 Å². The molecule has 1 aliphatic rings. The van der Waals surface area contributed by atoms with Crippen LogP contribution < -0.4 is 10.1 Å². The molecular formula is C23H24ClN3O3. The van der Waals surface area contributed by atoms with Crippen molar-refractivity contribution in [3.8, 4) is 17.0 Å². The van der Waals surface area contributed by atoms with Crippen LogP contribution in [0.2, 0.25) is 5.02 Å². The molecule has 0 aliphatic heterocycles. The number of rotatable bonds is 8. The van der Waals surface area contributed by atoms with Crippen molar-refractivity contribution in [3.63, 3.8) is 0 Å². The summed E-state index contributed by atoms with van der Waals surface area (Å²) in [7, 11) is 0. The summed E-state index contributed by atoms with van der Waals surface area (Å²) in [6, 6.07) is 11.1. The molecule has 1 saturated carbocycles. The lowest BCUT2D eigenvalue weighted by Crippen LogP contribution is -2.23. The number of aromatic nitrogens is 2. The number of ether oxygens (including phenoxy) is 1.